The molecule has 1 aromatic heterocycles. The van der Waals surface area contributed by atoms with Crippen molar-refractivity contribution in [2.75, 3.05) is 13.2 Å². The van der Waals surface area contributed by atoms with Gasteiger partial charge in [0, 0.05) is 16.9 Å². The van der Waals surface area contributed by atoms with Crippen LogP contribution in [0.4, 0.5) is 0 Å². The van der Waals surface area contributed by atoms with Crippen molar-refractivity contribution in [1.29, 1.82) is 0 Å². The monoisotopic (exact) mass is 266 g/mol. The van der Waals surface area contributed by atoms with E-state index in [-0.39, 0.29) is 13.2 Å². The van der Waals surface area contributed by atoms with Gasteiger partial charge < -0.3 is 14.6 Å². The second-order valence-corrected chi connectivity index (χ2v) is 4.80. The summed E-state index contributed by atoms with van der Waals surface area (Å²) in [7, 11) is 0. The highest BCUT2D eigenvalue weighted by molar-refractivity contribution is 6.30. The van der Waals surface area contributed by atoms with Gasteiger partial charge in [-0.1, -0.05) is 23.7 Å². The third-order valence-electron chi connectivity index (χ3n) is 3.15. The fraction of sp³-hybridized carbons (Fsp3) is 0.286. The van der Waals surface area contributed by atoms with E-state index in [9.17, 15) is 10.2 Å². The van der Waals surface area contributed by atoms with Crippen molar-refractivity contribution < 1.29 is 14.6 Å². The van der Waals surface area contributed by atoms with E-state index in [0.717, 1.165) is 11.3 Å². The molecule has 1 aromatic carbocycles. The Morgan fingerprint density at radius 1 is 1.06 bits per heavy atom. The molecular weight excluding hydrogens is 252 g/mol. The van der Waals surface area contributed by atoms with Crippen LogP contribution in [0.2, 0.25) is 5.02 Å². The molecule has 96 valence electrons. The van der Waals surface area contributed by atoms with Crippen molar-refractivity contribution in [3.63, 3.8) is 0 Å². The van der Waals surface area contributed by atoms with E-state index in [1.165, 1.54) is 0 Å². The van der Waals surface area contributed by atoms with E-state index in [1.54, 1.807) is 24.5 Å². The Morgan fingerprint density at radius 3 is 2.22 bits per heavy atom. The average molecular weight is 267 g/mol. The summed E-state index contributed by atoms with van der Waals surface area (Å²) in [5.41, 5.74) is 0.0934. The maximum Gasteiger partial charge on any atom is 0.104 e. The van der Waals surface area contributed by atoms with Gasteiger partial charge in [-0.3, -0.25) is 0 Å². The number of rotatable bonds is 5. The molecule has 0 unspecified atom stereocenters. The van der Waals surface area contributed by atoms with E-state index in [4.69, 9.17) is 16.0 Å². The lowest BCUT2D eigenvalue weighted by atomic mass is 9.78. The quantitative estimate of drug-likeness (QED) is 0.874. The topological polar surface area (TPSA) is 53.6 Å². The van der Waals surface area contributed by atoms with Crippen LogP contribution >= 0.6 is 11.6 Å². The van der Waals surface area contributed by atoms with E-state index in [2.05, 4.69) is 0 Å². The van der Waals surface area contributed by atoms with Gasteiger partial charge in [0.1, 0.15) is 5.76 Å². The van der Waals surface area contributed by atoms with Gasteiger partial charge in [-0.05, 0) is 29.8 Å². The highest BCUT2D eigenvalue weighted by atomic mass is 35.5. The summed E-state index contributed by atoms with van der Waals surface area (Å²) < 4.78 is 5.29. The van der Waals surface area contributed by atoms with Crippen LogP contribution in [0, 0.1) is 0 Å². The smallest absolute Gasteiger partial charge is 0.104 e. The van der Waals surface area contributed by atoms with Gasteiger partial charge in [0.2, 0.25) is 0 Å². The zero-order chi connectivity index (χ0) is 13.0. The molecule has 0 aliphatic heterocycles. The molecule has 0 aliphatic rings. The first-order chi connectivity index (χ1) is 8.70. The zero-order valence-electron chi connectivity index (χ0n) is 9.84. The Kier molecular flexibility index (Phi) is 4.07. The number of benzene rings is 1. The molecule has 0 saturated carbocycles. The lowest BCUT2D eigenvalue weighted by Crippen LogP contribution is -2.37. The molecule has 0 bridgehead atoms. The molecular formula is C14H15ClO3. The van der Waals surface area contributed by atoms with Crippen LogP contribution in [0.15, 0.2) is 47.1 Å². The number of aliphatic hydroxyl groups is 2. The SMILES string of the molecule is OCC(CO)(Cc1ccco1)c1ccc(Cl)cc1. The number of aliphatic hydroxyl groups excluding tert-OH is 2. The molecule has 4 heteroatoms. The molecule has 0 spiro atoms. The van der Waals surface area contributed by atoms with Crippen molar-refractivity contribution in [2.45, 2.75) is 11.8 Å². The van der Waals surface area contributed by atoms with Crippen LogP contribution in [0.25, 0.3) is 0 Å². The summed E-state index contributed by atoms with van der Waals surface area (Å²) in [5, 5.41) is 20.0. The average Bonchev–Trinajstić information content (AvgIpc) is 2.90. The largest absolute Gasteiger partial charge is 0.469 e. The second-order valence-electron chi connectivity index (χ2n) is 4.36. The minimum Gasteiger partial charge on any atom is -0.469 e. The van der Waals surface area contributed by atoms with Crippen molar-refractivity contribution in [3.8, 4) is 0 Å². The number of hydrogen-bond acceptors (Lipinski definition) is 3. The van der Waals surface area contributed by atoms with Gasteiger partial charge in [0.05, 0.1) is 19.5 Å². The van der Waals surface area contributed by atoms with Crippen molar-refractivity contribution in [2.24, 2.45) is 0 Å². The third-order valence-corrected chi connectivity index (χ3v) is 3.41. The molecule has 2 rings (SSSR count). The summed E-state index contributed by atoms with van der Waals surface area (Å²) in [5.74, 6) is 0.730. The molecule has 0 radical (unpaired) electrons. The Morgan fingerprint density at radius 2 is 1.72 bits per heavy atom. The standard InChI is InChI=1S/C14H15ClO3/c15-12-5-3-11(4-6-12)14(9-16,10-17)8-13-2-1-7-18-13/h1-7,16-17H,8-10H2. The Labute approximate surface area is 111 Å². The summed E-state index contributed by atoms with van der Waals surface area (Å²) in [6.07, 6.45) is 2.02. The number of hydrogen-bond donors (Lipinski definition) is 2. The molecule has 0 amide bonds. The third kappa shape index (κ3) is 2.58. The summed E-state index contributed by atoms with van der Waals surface area (Å²) in [6, 6.07) is 10.8. The minimum absolute atomic E-state index is 0.161. The van der Waals surface area contributed by atoms with Crippen molar-refractivity contribution in [3.05, 3.63) is 59.0 Å². The zero-order valence-corrected chi connectivity index (χ0v) is 10.6. The van der Waals surface area contributed by atoms with Crippen LogP contribution in [0.5, 0.6) is 0 Å². The van der Waals surface area contributed by atoms with Crippen LogP contribution in [0.1, 0.15) is 11.3 Å². The maximum atomic E-state index is 9.66. The summed E-state index contributed by atoms with van der Waals surface area (Å²) in [6.45, 7) is -0.322. The van der Waals surface area contributed by atoms with Crippen LogP contribution < -0.4 is 0 Å². The van der Waals surface area contributed by atoms with Crippen LogP contribution in [-0.4, -0.2) is 23.4 Å². The number of halogens is 1. The Hall–Kier alpha value is -1.29. The predicted molar refractivity (Wildman–Crippen MR) is 69.7 cm³/mol. The number of furan rings is 1. The second kappa shape index (κ2) is 5.57. The normalized spacial score (nSPS) is 11.7. The van der Waals surface area contributed by atoms with E-state index in [1.807, 2.05) is 18.2 Å². The van der Waals surface area contributed by atoms with Gasteiger partial charge in [0.25, 0.3) is 0 Å². The highest BCUT2D eigenvalue weighted by Crippen LogP contribution is 2.29. The predicted octanol–water partition coefficient (Wildman–Crippen LogP) is 2.40. The van der Waals surface area contributed by atoms with Crippen molar-refractivity contribution in [1.82, 2.24) is 0 Å². The van der Waals surface area contributed by atoms with Gasteiger partial charge in [-0.25, -0.2) is 0 Å². The summed E-state index contributed by atoms with van der Waals surface area (Å²) >= 11 is 5.85. The first kappa shape index (κ1) is 13.1. The lowest BCUT2D eigenvalue weighted by molar-refractivity contribution is 0.112. The van der Waals surface area contributed by atoms with Gasteiger partial charge in [-0.15, -0.1) is 0 Å². The molecule has 1 heterocycles. The molecule has 0 aliphatic carbocycles. The maximum absolute atomic E-state index is 9.66. The fourth-order valence-electron chi connectivity index (χ4n) is 2.00. The molecule has 2 N–H and O–H groups in total. The van der Waals surface area contributed by atoms with Gasteiger partial charge in [0.15, 0.2) is 0 Å². The first-order valence-electron chi connectivity index (χ1n) is 5.70. The van der Waals surface area contributed by atoms with Crippen LogP contribution in [-0.2, 0) is 11.8 Å². The van der Waals surface area contributed by atoms with E-state index >= 15 is 0 Å². The first-order valence-corrected chi connectivity index (χ1v) is 6.08. The molecule has 3 nitrogen and oxygen atoms in total. The fourth-order valence-corrected chi connectivity index (χ4v) is 2.12. The molecule has 0 atom stereocenters. The molecule has 0 fully saturated rings. The molecule has 0 saturated heterocycles. The van der Waals surface area contributed by atoms with Crippen molar-refractivity contribution >= 4 is 11.6 Å². The molecule has 2 aromatic rings. The Balaban J connectivity index is 2.33. The highest BCUT2D eigenvalue weighted by Gasteiger charge is 2.32. The van der Waals surface area contributed by atoms with E-state index in [0.29, 0.717) is 11.4 Å². The van der Waals surface area contributed by atoms with Gasteiger partial charge in [-0.2, -0.15) is 0 Å². The minimum atomic E-state index is -0.748. The van der Waals surface area contributed by atoms with Crippen LogP contribution in [0.3, 0.4) is 0 Å². The Bertz CT molecular complexity index is 472. The lowest BCUT2D eigenvalue weighted by Gasteiger charge is -2.29. The molecule has 18 heavy (non-hydrogen) atoms. The van der Waals surface area contributed by atoms with E-state index < -0.39 is 5.41 Å². The van der Waals surface area contributed by atoms with Gasteiger partial charge >= 0.3 is 0 Å². The summed E-state index contributed by atoms with van der Waals surface area (Å²) in [4.78, 5) is 0.